The number of nitrogens with one attached hydrogen (secondary N) is 1. The van der Waals surface area contributed by atoms with Crippen LogP contribution in [0.15, 0.2) is 18.2 Å². The van der Waals surface area contributed by atoms with E-state index in [1.54, 1.807) is 0 Å². The number of likely N-dealkylation sites (tertiary alicyclic amines) is 1. The van der Waals surface area contributed by atoms with Gasteiger partial charge in [0.1, 0.15) is 0 Å². The van der Waals surface area contributed by atoms with Crippen LogP contribution in [0.2, 0.25) is 0 Å². The molecule has 0 bridgehead atoms. The molecular formula is C14H16N2O4. The van der Waals surface area contributed by atoms with Gasteiger partial charge in [-0.15, -0.1) is 0 Å². The number of likely N-dealkylation sites (N-methyl/N-ethyl adjacent to an activating group) is 1. The molecule has 1 saturated heterocycles. The van der Waals surface area contributed by atoms with Crippen LogP contribution < -0.4 is 14.8 Å². The van der Waals surface area contributed by atoms with Crippen LogP contribution in [0.4, 0.5) is 0 Å². The number of ether oxygens (including phenoxy) is 2. The highest BCUT2D eigenvalue weighted by Crippen LogP contribution is 2.35. The lowest BCUT2D eigenvalue weighted by Crippen LogP contribution is -2.51. The minimum absolute atomic E-state index is 0.120. The number of carbonyl (C=O) groups excluding carboxylic acids is 2. The lowest BCUT2D eigenvalue weighted by Gasteiger charge is -2.28. The Bertz CT molecular complexity index is 558. The van der Waals surface area contributed by atoms with E-state index in [9.17, 15) is 9.59 Å². The Morgan fingerprint density at radius 2 is 2.20 bits per heavy atom. The summed E-state index contributed by atoms with van der Waals surface area (Å²) < 4.78 is 10.7. The summed E-state index contributed by atoms with van der Waals surface area (Å²) in [6, 6.07) is 5.35. The summed E-state index contributed by atoms with van der Waals surface area (Å²) in [5, 5.41) is 3.19. The molecule has 0 aliphatic carbocycles. The van der Waals surface area contributed by atoms with Gasteiger partial charge in [-0.05, 0) is 12.5 Å². The van der Waals surface area contributed by atoms with E-state index in [0.717, 1.165) is 17.1 Å². The zero-order valence-electron chi connectivity index (χ0n) is 11.2. The number of hydrogen-bond donors (Lipinski definition) is 1. The Kier molecular flexibility index (Phi) is 3.31. The SMILES string of the molecule is CN1C(=O)CCC(NCc2cccc3c2OCO3)C1=O. The molecule has 1 atom stereocenters. The number of amides is 2. The van der Waals surface area contributed by atoms with Gasteiger partial charge >= 0.3 is 0 Å². The van der Waals surface area contributed by atoms with Crippen LogP contribution in [-0.2, 0) is 16.1 Å². The number of para-hydroxylation sites is 1. The highest BCUT2D eigenvalue weighted by Gasteiger charge is 2.31. The normalized spacial score (nSPS) is 21.4. The van der Waals surface area contributed by atoms with E-state index < -0.39 is 0 Å². The van der Waals surface area contributed by atoms with Crippen molar-refractivity contribution in [2.75, 3.05) is 13.8 Å². The molecule has 1 unspecified atom stereocenters. The Morgan fingerprint density at radius 3 is 3.05 bits per heavy atom. The Morgan fingerprint density at radius 1 is 1.35 bits per heavy atom. The lowest BCUT2D eigenvalue weighted by atomic mass is 10.0. The molecule has 0 saturated carbocycles. The molecule has 1 fully saturated rings. The fraction of sp³-hybridized carbons (Fsp3) is 0.429. The molecule has 0 radical (unpaired) electrons. The lowest BCUT2D eigenvalue weighted by molar-refractivity contribution is -0.148. The molecule has 3 rings (SSSR count). The monoisotopic (exact) mass is 276 g/mol. The van der Waals surface area contributed by atoms with E-state index in [0.29, 0.717) is 19.4 Å². The second-order valence-electron chi connectivity index (χ2n) is 4.91. The van der Waals surface area contributed by atoms with Crippen LogP contribution in [0.5, 0.6) is 11.5 Å². The largest absolute Gasteiger partial charge is 0.454 e. The summed E-state index contributed by atoms with van der Waals surface area (Å²) in [5.41, 5.74) is 0.951. The molecule has 1 N–H and O–H groups in total. The molecule has 2 aliphatic heterocycles. The molecule has 20 heavy (non-hydrogen) atoms. The smallest absolute Gasteiger partial charge is 0.246 e. The second kappa shape index (κ2) is 5.13. The zero-order valence-corrected chi connectivity index (χ0v) is 11.2. The van der Waals surface area contributed by atoms with Crippen LogP contribution >= 0.6 is 0 Å². The van der Waals surface area contributed by atoms with Crippen LogP contribution in [0.1, 0.15) is 18.4 Å². The molecule has 6 heteroatoms. The van der Waals surface area contributed by atoms with Gasteiger partial charge < -0.3 is 14.8 Å². The van der Waals surface area contributed by atoms with Crippen molar-refractivity contribution >= 4 is 11.8 Å². The molecule has 2 amide bonds. The Hall–Kier alpha value is -2.08. The van der Waals surface area contributed by atoms with E-state index >= 15 is 0 Å². The molecule has 1 aromatic rings. The van der Waals surface area contributed by atoms with Crippen molar-refractivity contribution in [3.63, 3.8) is 0 Å². The number of piperidine rings is 1. The summed E-state index contributed by atoms with van der Waals surface area (Å²) in [5.74, 6) is 1.16. The molecule has 1 aromatic carbocycles. The predicted octanol–water partition coefficient (Wildman–Crippen LogP) is 0.652. The van der Waals surface area contributed by atoms with Gasteiger partial charge in [-0.2, -0.15) is 0 Å². The van der Waals surface area contributed by atoms with E-state index in [1.807, 2.05) is 18.2 Å². The quantitative estimate of drug-likeness (QED) is 0.821. The Balaban J connectivity index is 1.67. The van der Waals surface area contributed by atoms with Gasteiger partial charge in [-0.25, -0.2) is 0 Å². The summed E-state index contributed by atoms with van der Waals surface area (Å²) in [6.45, 7) is 0.733. The fourth-order valence-corrected chi connectivity index (χ4v) is 2.47. The van der Waals surface area contributed by atoms with Crippen molar-refractivity contribution in [3.05, 3.63) is 23.8 Å². The van der Waals surface area contributed by atoms with Crippen molar-refractivity contribution in [2.24, 2.45) is 0 Å². The van der Waals surface area contributed by atoms with Crippen molar-refractivity contribution < 1.29 is 19.1 Å². The van der Waals surface area contributed by atoms with Crippen LogP contribution in [0, 0.1) is 0 Å². The number of hydrogen-bond acceptors (Lipinski definition) is 5. The molecule has 0 aromatic heterocycles. The summed E-state index contributed by atoms with van der Waals surface area (Å²) in [6.07, 6.45) is 0.931. The third-order valence-corrected chi connectivity index (χ3v) is 3.67. The van der Waals surface area contributed by atoms with E-state index in [4.69, 9.17) is 9.47 Å². The van der Waals surface area contributed by atoms with Gasteiger partial charge in [0.15, 0.2) is 11.5 Å². The first-order valence-electron chi connectivity index (χ1n) is 6.58. The maximum atomic E-state index is 12.0. The minimum atomic E-state index is -0.323. The predicted molar refractivity (Wildman–Crippen MR) is 70.2 cm³/mol. The first-order chi connectivity index (χ1) is 9.66. The maximum Gasteiger partial charge on any atom is 0.246 e. The molecule has 2 heterocycles. The molecule has 0 spiro atoms. The average molecular weight is 276 g/mol. The van der Waals surface area contributed by atoms with Crippen LogP contribution in [0.25, 0.3) is 0 Å². The topological polar surface area (TPSA) is 67.9 Å². The van der Waals surface area contributed by atoms with Crippen molar-refractivity contribution in [2.45, 2.75) is 25.4 Å². The number of carbonyl (C=O) groups is 2. The highest BCUT2D eigenvalue weighted by molar-refractivity contribution is 6.00. The maximum absolute atomic E-state index is 12.0. The van der Waals surface area contributed by atoms with Crippen molar-refractivity contribution in [1.82, 2.24) is 10.2 Å². The van der Waals surface area contributed by atoms with Gasteiger partial charge in [0.05, 0.1) is 6.04 Å². The number of nitrogens with zero attached hydrogens (tertiary/aromatic N) is 1. The fourth-order valence-electron chi connectivity index (χ4n) is 2.47. The number of imide groups is 1. The van der Waals surface area contributed by atoms with Crippen molar-refractivity contribution in [1.29, 1.82) is 0 Å². The second-order valence-corrected chi connectivity index (χ2v) is 4.91. The summed E-state index contributed by atoms with van der Waals surface area (Å²) >= 11 is 0. The third kappa shape index (κ3) is 2.22. The highest BCUT2D eigenvalue weighted by atomic mass is 16.7. The van der Waals surface area contributed by atoms with E-state index in [-0.39, 0.29) is 24.6 Å². The summed E-state index contributed by atoms with van der Waals surface area (Å²) in [7, 11) is 1.52. The summed E-state index contributed by atoms with van der Waals surface area (Å²) in [4.78, 5) is 24.6. The molecule has 2 aliphatic rings. The van der Waals surface area contributed by atoms with Gasteiger partial charge in [-0.3, -0.25) is 14.5 Å². The molecule has 6 nitrogen and oxygen atoms in total. The van der Waals surface area contributed by atoms with E-state index in [1.165, 1.54) is 11.9 Å². The first kappa shape index (κ1) is 12.9. The standard InChI is InChI=1S/C14H16N2O4/c1-16-12(17)6-5-10(14(16)18)15-7-9-3-2-4-11-13(9)20-8-19-11/h2-4,10,15H,5-8H2,1H3. The van der Waals surface area contributed by atoms with Gasteiger partial charge in [0, 0.05) is 25.6 Å². The minimum Gasteiger partial charge on any atom is -0.454 e. The average Bonchev–Trinajstić information content (AvgIpc) is 2.93. The van der Waals surface area contributed by atoms with Gasteiger partial charge in [-0.1, -0.05) is 12.1 Å². The van der Waals surface area contributed by atoms with Crippen LogP contribution in [-0.4, -0.2) is 36.6 Å². The first-order valence-corrected chi connectivity index (χ1v) is 6.58. The zero-order chi connectivity index (χ0) is 14.1. The van der Waals surface area contributed by atoms with Gasteiger partial charge in [0.2, 0.25) is 18.6 Å². The van der Waals surface area contributed by atoms with E-state index in [2.05, 4.69) is 5.32 Å². The van der Waals surface area contributed by atoms with Crippen LogP contribution in [0.3, 0.4) is 0 Å². The number of fused-ring (bicyclic) bond motifs is 1. The van der Waals surface area contributed by atoms with Gasteiger partial charge in [0.25, 0.3) is 0 Å². The third-order valence-electron chi connectivity index (χ3n) is 3.67. The number of benzene rings is 1. The molecule has 106 valence electrons. The Labute approximate surface area is 116 Å². The molecular weight excluding hydrogens is 260 g/mol. The van der Waals surface area contributed by atoms with Crippen molar-refractivity contribution in [3.8, 4) is 11.5 Å². The number of rotatable bonds is 3.